The maximum atomic E-state index is 6.40. The minimum Gasteiger partial charge on any atom is -0.456 e. The van der Waals surface area contributed by atoms with Gasteiger partial charge < -0.3 is 9.32 Å². The summed E-state index contributed by atoms with van der Waals surface area (Å²) in [6.07, 6.45) is 0. The first-order valence-electron chi connectivity index (χ1n) is 23.2. The van der Waals surface area contributed by atoms with Gasteiger partial charge in [-0.1, -0.05) is 212 Å². The molecule has 320 valence electrons. The smallest absolute Gasteiger partial charge is 0.137 e. The molecule has 0 radical (unpaired) electrons. The molecule has 12 aromatic rings. The standard InChI is InChI=1S/C66H45NO/c1-3-11-46(12-4-1)56-15-9-17-58(43-56)54-29-25-49(26-30-54)48-21-23-50(24-22-48)52-33-37-60(38-34-52)67(62-41-42-64-63-19-7-8-20-65(63)68-66(64)45-62)61-39-35-53(36-40-61)51-27-31-55(32-28-51)59-18-10-16-57(44-59)47-13-5-2-6-14-47/h1-45H. The number of hydrogen-bond acceptors (Lipinski definition) is 2. The van der Waals surface area contributed by atoms with Gasteiger partial charge in [-0.15, -0.1) is 0 Å². The van der Waals surface area contributed by atoms with Crippen LogP contribution in [0.2, 0.25) is 0 Å². The molecule has 0 atom stereocenters. The SMILES string of the molecule is c1ccc(-c2cccc(-c3ccc(-c4ccc(-c5ccc(N(c6ccc(-c7ccc(-c8cccc(-c9ccccc9)c8)cc7)cc6)c6ccc7c(c6)oc6ccccc67)cc5)cc4)cc3)c2)cc1. The lowest BCUT2D eigenvalue weighted by Crippen LogP contribution is -2.09. The van der Waals surface area contributed by atoms with Crippen molar-refractivity contribution in [2.75, 3.05) is 4.90 Å². The molecule has 0 spiro atoms. The zero-order valence-corrected chi connectivity index (χ0v) is 37.3. The molecule has 0 fully saturated rings. The van der Waals surface area contributed by atoms with Gasteiger partial charge in [-0.05, 0) is 132 Å². The Morgan fingerprint density at radius 1 is 0.191 bits per heavy atom. The molecule has 1 heterocycles. The van der Waals surface area contributed by atoms with Crippen LogP contribution in [0, 0.1) is 0 Å². The van der Waals surface area contributed by atoms with Crippen molar-refractivity contribution in [3.8, 4) is 77.9 Å². The van der Waals surface area contributed by atoms with Crippen molar-refractivity contribution in [2.45, 2.75) is 0 Å². The number of nitrogens with zero attached hydrogens (tertiary/aromatic N) is 1. The molecule has 2 heteroatoms. The second-order valence-corrected chi connectivity index (χ2v) is 17.3. The van der Waals surface area contributed by atoms with E-state index in [0.29, 0.717) is 0 Å². The van der Waals surface area contributed by atoms with Gasteiger partial charge in [0.05, 0.1) is 0 Å². The monoisotopic (exact) mass is 867 g/mol. The largest absolute Gasteiger partial charge is 0.456 e. The molecule has 0 saturated carbocycles. The fourth-order valence-corrected chi connectivity index (χ4v) is 9.49. The van der Waals surface area contributed by atoms with Crippen LogP contribution in [0.5, 0.6) is 0 Å². The number of rotatable bonds is 10. The minimum atomic E-state index is 0.864. The summed E-state index contributed by atoms with van der Waals surface area (Å²) in [4.78, 5) is 2.31. The first kappa shape index (κ1) is 40.5. The van der Waals surface area contributed by atoms with Crippen molar-refractivity contribution < 1.29 is 4.42 Å². The molecule has 0 bridgehead atoms. The van der Waals surface area contributed by atoms with E-state index in [9.17, 15) is 0 Å². The third kappa shape index (κ3) is 8.06. The summed E-state index contributed by atoms with van der Waals surface area (Å²) in [5.74, 6) is 0. The van der Waals surface area contributed by atoms with E-state index in [1.54, 1.807) is 0 Å². The zero-order valence-electron chi connectivity index (χ0n) is 37.3. The van der Waals surface area contributed by atoms with Crippen LogP contribution in [0.1, 0.15) is 0 Å². The Labute approximate surface area is 397 Å². The van der Waals surface area contributed by atoms with Gasteiger partial charge in [0.25, 0.3) is 0 Å². The van der Waals surface area contributed by atoms with E-state index in [4.69, 9.17) is 4.42 Å². The van der Waals surface area contributed by atoms with E-state index in [0.717, 1.165) is 50.1 Å². The summed E-state index contributed by atoms with van der Waals surface area (Å²) in [6, 6.07) is 97.9. The lowest BCUT2D eigenvalue weighted by atomic mass is 9.96. The van der Waals surface area contributed by atoms with Crippen LogP contribution in [-0.2, 0) is 0 Å². The predicted molar refractivity (Wildman–Crippen MR) is 286 cm³/mol. The van der Waals surface area contributed by atoms with Crippen molar-refractivity contribution in [3.05, 3.63) is 273 Å². The van der Waals surface area contributed by atoms with Gasteiger partial charge in [0, 0.05) is 33.9 Å². The van der Waals surface area contributed by atoms with Crippen LogP contribution < -0.4 is 4.90 Å². The summed E-state index contributed by atoms with van der Waals surface area (Å²) in [6.45, 7) is 0. The number of fused-ring (bicyclic) bond motifs is 3. The van der Waals surface area contributed by atoms with Crippen molar-refractivity contribution in [2.24, 2.45) is 0 Å². The first-order chi connectivity index (χ1) is 33.7. The lowest BCUT2D eigenvalue weighted by Gasteiger charge is -2.26. The molecule has 12 rings (SSSR count). The van der Waals surface area contributed by atoms with Crippen LogP contribution in [0.3, 0.4) is 0 Å². The maximum absolute atomic E-state index is 6.40. The summed E-state index contributed by atoms with van der Waals surface area (Å²) >= 11 is 0. The molecule has 68 heavy (non-hydrogen) atoms. The summed E-state index contributed by atoms with van der Waals surface area (Å²) in [5.41, 5.74) is 21.7. The van der Waals surface area contributed by atoms with E-state index in [2.05, 4.69) is 266 Å². The van der Waals surface area contributed by atoms with Gasteiger partial charge in [-0.3, -0.25) is 0 Å². The fourth-order valence-electron chi connectivity index (χ4n) is 9.49. The second-order valence-electron chi connectivity index (χ2n) is 17.3. The number of furan rings is 1. The molecule has 2 nitrogen and oxygen atoms in total. The highest BCUT2D eigenvalue weighted by atomic mass is 16.3. The topological polar surface area (TPSA) is 16.4 Å². The molecule has 0 aliphatic rings. The highest BCUT2D eigenvalue weighted by Crippen LogP contribution is 2.40. The van der Waals surface area contributed by atoms with Crippen LogP contribution in [-0.4, -0.2) is 0 Å². The highest BCUT2D eigenvalue weighted by molar-refractivity contribution is 6.06. The molecule has 0 aliphatic carbocycles. The molecule has 11 aromatic carbocycles. The van der Waals surface area contributed by atoms with Gasteiger partial charge in [-0.2, -0.15) is 0 Å². The lowest BCUT2D eigenvalue weighted by molar-refractivity contribution is 0.669. The first-order valence-corrected chi connectivity index (χ1v) is 23.2. The Morgan fingerprint density at radius 3 is 0.897 bits per heavy atom. The third-order valence-electron chi connectivity index (χ3n) is 13.1. The van der Waals surface area contributed by atoms with Crippen molar-refractivity contribution in [1.29, 1.82) is 0 Å². The molecule has 1 aromatic heterocycles. The van der Waals surface area contributed by atoms with Crippen molar-refractivity contribution >= 4 is 39.0 Å². The Hall–Kier alpha value is -8.98. The van der Waals surface area contributed by atoms with E-state index in [-0.39, 0.29) is 0 Å². The van der Waals surface area contributed by atoms with Crippen LogP contribution in [0.25, 0.3) is 99.8 Å². The van der Waals surface area contributed by atoms with E-state index >= 15 is 0 Å². The summed E-state index contributed by atoms with van der Waals surface area (Å²) in [7, 11) is 0. The number of benzene rings is 11. The minimum absolute atomic E-state index is 0.864. The van der Waals surface area contributed by atoms with Crippen LogP contribution in [0.15, 0.2) is 277 Å². The van der Waals surface area contributed by atoms with Gasteiger partial charge in [0.2, 0.25) is 0 Å². The van der Waals surface area contributed by atoms with Crippen molar-refractivity contribution in [3.63, 3.8) is 0 Å². The number of anilines is 3. The van der Waals surface area contributed by atoms with E-state index < -0.39 is 0 Å². The average molecular weight is 868 g/mol. The zero-order chi connectivity index (χ0) is 45.2. The van der Waals surface area contributed by atoms with Gasteiger partial charge in [0.15, 0.2) is 0 Å². The highest BCUT2D eigenvalue weighted by Gasteiger charge is 2.17. The van der Waals surface area contributed by atoms with Crippen LogP contribution in [0.4, 0.5) is 17.1 Å². The molecular formula is C66H45NO. The molecule has 0 amide bonds. The van der Waals surface area contributed by atoms with Gasteiger partial charge in [0.1, 0.15) is 11.2 Å². The Bertz CT molecular complexity index is 3670. The normalized spacial score (nSPS) is 11.2. The molecule has 0 saturated heterocycles. The summed E-state index contributed by atoms with van der Waals surface area (Å²) < 4.78 is 6.40. The number of hydrogen-bond donors (Lipinski definition) is 0. The Morgan fingerprint density at radius 2 is 0.485 bits per heavy atom. The quantitative estimate of drug-likeness (QED) is 0.136. The summed E-state index contributed by atoms with van der Waals surface area (Å²) in [5, 5.41) is 2.23. The molecule has 0 N–H and O–H groups in total. The van der Waals surface area contributed by atoms with E-state index in [1.807, 2.05) is 12.1 Å². The second kappa shape index (κ2) is 17.8. The molecule has 0 aliphatic heterocycles. The van der Waals surface area contributed by atoms with Gasteiger partial charge >= 0.3 is 0 Å². The van der Waals surface area contributed by atoms with Crippen LogP contribution >= 0.6 is 0 Å². The molecule has 0 unspecified atom stereocenters. The Balaban J connectivity index is 0.809. The number of para-hydroxylation sites is 1. The van der Waals surface area contributed by atoms with Gasteiger partial charge in [-0.25, -0.2) is 0 Å². The van der Waals surface area contributed by atoms with Crippen molar-refractivity contribution in [1.82, 2.24) is 0 Å². The maximum Gasteiger partial charge on any atom is 0.137 e. The molecular weight excluding hydrogens is 823 g/mol. The Kier molecular flexibility index (Phi) is 10.6. The van der Waals surface area contributed by atoms with E-state index in [1.165, 1.54) is 66.8 Å². The third-order valence-corrected chi connectivity index (χ3v) is 13.1. The fraction of sp³-hybridized carbons (Fsp3) is 0. The average Bonchev–Trinajstić information content (AvgIpc) is 3.80. The predicted octanol–water partition coefficient (Wildman–Crippen LogP) is 18.7.